The Balaban J connectivity index is 1.74. The van der Waals surface area contributed by atoms with Crippen LogP contribution in [-0.2, 0) is 9.59 Å². The molecule has 1 aromatic rings. The van der Waals surface area contributed by atoms with Crippen molar-refractivity contribution in [2.45, 2.75) is 6.42 Å². The number of carbonyl (C=O) groups is 2. The van der Waals surface area contributed by atoms with E-state index in [0.29, 0.717) is 11.4 Å². The van der Waals surface area contributed by atoms with E-state index < -0.39 is 0 Å². The highest BCUT2D eigenvalue weighted by atomic mass is 16.5. The SMILES string of the molecule is COc1cccc(N2C(=O)C3C4C=CC(C4)C3C2=O)c1. The number of allylic oxidation sites excluding steroid dienone is 2. The number of amides is 2. The lowest BCUT2D eigenvalue weighted by Crippen LogP contribution is -2.32. The van der Waals surface area contributed by atoms with Crippen molar-refractivity contribution in [3.8, 4) is 5.75 Å². The van der Waals surface area contributed by atoms with Gasteiger partial charge in [0.25, 0.3) is 0 Å². The highest BCUT2D eigenvalue weighted by Crippen LogP contribution is 2.53. The van der Waals surface area contributed by atoms with E-state index in [4.69, 9.17) is 4.74 Å². The van der Waals surface area contributed by atoms with E-state index in [2.05, 4.69) is 12.2 Å². The average Bonchev–Trinajstić information content (AvgIpc) is 3.13. The van der Waals surface area contributed by atoms with Gasteiger partial charge in [0.2, 0.25) is 11.8 Å². The summed E-state index contributed by atoms with van der Waals surface area (Å²) >= 11 is 0. The minimum Gasteiger partial charge on any atom is -0.497 e. The maximum atomic E-state index is 12.6. The van der Waals surface area contributed by atoms with Crippen molar-refractivity contribution in [1.82, 2.24) is 0 Å². The van der Waals surface area contributed by atoms with Gasteiger partial charge in [0.15, 0.2) is 0 Å². The molecule has 1 aliphatic heterocycles. The molecule has 0 aromatic heterocycles. The predicted molar refractivity (Wildman–Crippen MR) is 73.2 cm³/mol. The number of benzene rings is 1. The molecule has 20 heavy (non-hydrogen) atoms. The van der Waals surface area contributed by atoms with E-state index in [1.54, 1.807) is 31.4 Å². The normalized spacial score (nSPS) is 34.0. The van der Waals surface area contributed by atoms with Gasteiger partial charge in [-0.25, -0.2) is 4.90 Å². The highest BCUT2D eigenvalue weighted by Gasteiger charge is 2.59. The first-order valence-corrected chi connectivity index (χ1v) is 6.91. The topological polar surface area (TPSA) is 46.6 Å². The van der Waals surface area contributed by atoms with E-state index in [0.717, 1.165) is 6.42 Å². The molecule has 2 bridgehead atoms. The molecule has 4 rings (SSSR count). The molecule has 1 heterocycles. The van der Waals surface area contributed by atoms with Gasteiger partial charge in [-0.1, -0.05) is 18.2 Å². The number of carbonyl (C=O) groups excluding carboxylic acids is 2. The van der Waals surface area contributed by atoms with Crippen LogP contribution in [0.25, 0.3) is 0 Å². The molecule has 0 N–H and O–H groups in total. The van der Waals surface area contributed by atoms with Crippen LogP contribution in [0, 0.1) is 23.7 Å². The Kier molecular flexibility index (Phi) is 2.31. The number of anilines is 1. The van der Waals surface area contributed by atoms with Crippen LogP contribution < -0.4 is 9.64 Å². The average molecular weight is 269 g/mol. The Morgan fingerprint density at radius 1 is 1.10 bits per heavy atom. The number of imide groups is 1. The minimum atomic E-state index is -0.149. The lowest BCUT2D eigenvalue weighted by atomic mass is 9.85. The van der Waals surface area contributed by atoms with Gasteiger partial charge in [-0.3, -0.25) is 9.59 Å². The zero-order valence-corrected chi connectivity index (χ0v) is 11.2. The van der Waals surface area contributed by atoms with E-state index in [9.17, 15) is 9.59 Å². The van der Waals surface area contributed by atoms with Gasteiger partial charge in [0, 0.05) is 6.07 Å². The summed E-state index contributed by atoms with van der Waals surface area (Å²) in [6.45, 7) is 0. The van der Waals surface area contributed by atoms with Crippen LogP contribution in [0.15, 0.2) is 36.4 Å². The number of hydrogen-bond acceptors (Lipinski definition) is 3. The molecule has 2 aliphatic carbocycles. The lowest BCUT2D eigenvalue weighted by molar-refractivity contribution is -0.123. The summed E-state index contributed by atoms with van der Waals surface area (Å²) in [7, 11) is 1.58. The predicted octanol–water partition coefficient (Wildman–Crippen LogP) is 2.01. The fourth-order valence-corrected chi connectivity index (χ4v) is 3.91. The summed E-state index contributed by atoms with van der Waals surface area (Å²) in [6.07, 6.45) is 5.16. The van der Waals surface area contributed by atoms with E-state index >= 15 is 0 Å². The summed E-state index contributed by atoms with van der Waals surface area (Å²) in [6, 6.07) is 7.14. The van der Waals surface area contributed by atoms with Gasteiger partial charge in [-0.05, 0) is 30.4 Å². The number of ether oxygens (including phenoxy) is 1. The number of hydrogen-bond donors (Lipinski definition) is 0. The molecule has 4 atom stereocenters. The van der Waals surface area contributed by atoms with E-state index in [1.807, 2.05) is 0 Å². The van der Waals surface area contributed by atoms with Crippen molar-refractivity contribution in [2.24, 2.45) is 23.7 Å². The molecule has 1 aromatic carbocycles. The van der Waals surface area contributed by atoms with Gasteiger partial charge in [-0.2, -0.15) is 0 Å². The molecule has 4 nitrogen and oxygen atoms in total. The monoisotopic (exact) mass is 269 g/mol. The van der Waals surface area contributed by atoms with Gasteiger partial charge in [-0.15, -0.1) is 0 Å². The fourth-order valence-electron chi connectivity index (χ4n) is 3.91. The second kappa shape index (κ2) is 3.95. The van der Waals surface area contributed by atoms with Crippen molar-refractivity contribution < 1.29 is 14.3 Å². The molecular formula is C16H15NO3. The molecule has 0 spiro atoms. The van der Waals surface area contributed by atoms with Gasteiger partial charge >= 0.3 is 0 Å². The zero-order chi connectivity index (χ0) is 13.9. The Hall–Kier alpha value is -2.10. The van der Waals surface area contributed by atoms with Crippen LogP contribution in [-0.4, -0.2) is 18.9 Å². The molecule has 1 saturated carbocycles. The second-order valence-electron chi connectivity index (χ2n) is 5.71. The van der Waals surface area contributed by atoms with Gasteiger partial charge in [0.1, 0.15) is 5.75 Å². The van der Waals surface area contributed by atoms with Crippen molar-refractivity contribution in [3.05, 3.63) is 36.4 Å². The molecule has 4 unspecified atom stereocenters. The molecular weight excluding hydrogens is 254 g/mol. The van der Waals surface area contributed by atoms with Crippen LogP contribution in [0.2, 0.25) is 0 Å². The summed E-state index contributed by atoms with van der Waals surface area (Å²) in [5, 5.41) is 0. The van der Waals surface area contributed by atoms with Crippen LogP contribution in [0.3, 0.4) is 0 Å². The quantitative estimate of drug-likeness (QED) is 0.609. The summed E-state index contributed by atoms with van der Waals surface area (Å²) < 4.78 is 5.17. The van der Waals surface area contributed by atoms with Gasteiger partial charge < -0.3 is 4.74 Å². The summed E-state index contributed by atoms with van der Waals surface area (Å²) in [5.41, 5.74) is 0.619. The first-order valence-electron chi connectivity index (χ1n) is 6.91. The highest BCUT2D eigenvalue weighted by molar-refractivity contribution is 6.22. The first kappa shape index (κ1) is 11.7. The summed E-state index contributed by atoms with van der Waals surface area (Å²) in [5.74, 6) is 0.748. The third-order valence-electron chi connectivity index (χ3n) is 4.78. The number of methoxy groups -OCH3 is 1. The zero-order valence-electron chi connectivity index (χ0n) is 11.2. The van der Waals surface area contributed by atoms with Crippen molar-refractivity contribution in [1.29, 1.82) is 0 Å². The number of fused-ring (bicyclic) bond motifs is 5. The maximum Gasteiger partial charge on any atom is 0.238 e. The second-order valence-corrected chi connectivity index (χ2v) is 5.71. The molecule has 2 amide bonds. The van der Waals surface area contributed by atoms with Crippen molar-refractivity contribution >= 4 is 17.5 Å². The molecule has 1 saturated heterocycles. The van der Waals surface area contributed by atoms with Crippen molar-refractivity contribution in [2.75, 3.05) is 12.0 Å². The number of nitrogens with zero attached hydrogens (tertiary/aromatic N) is 1. The molecule has 2 fully saturated rings. The molecule has 102 valence electrons. The molecule has 0 radical (unpaired) electrons. The van der Waals surface area contributed by atoms with E-state index in [1.165, 1.54) is 4.90 Å². The molecule has 4 heteroatoms. The smallest absolute Gasteiger partial charge is 0.238 e. The maximum absolute atomic E-state index is 12.6. The van der Waals surface area contributed by atoms with Crippen LogP contribution in [0.1, 0.15) is 6.42 Å². The van der Waals surface area contributed by atoms with Gasteiger partial charge in [0.05, 0.1) is 24.6 Å². The standard InChI is InChI=1S/C16H15NO3/c1-20-12-4-2-3-11(8-12)17-15(18)13-9-5-6-10(7-9)14(13)16(17)19/h2-6,8-10,13-14H,7H2,1H3. The Morgan fingerprint density at radius 2 is 1.75 bits per heavy atom. The van der Waals surface area contributed by atoms with Crippen LogP contribution >= 0.6 is 0 Å². The minimum absolute atomic E-state index is 0.0508. The molecule has 3 aliphatic rings. The Bertz CT molecular complexity index is 606. The lowest BCUT2D eigenvalue weighted by Gasteiger charge is -2.17. The third kappa shape index (κ3) is 1.36. The Morgan fingerprint density at radius 3 is 2.35 bits per heavy atom. The van der Waals surface area contributed by atoms with Crippen LogP contribution in [0.5, 0.6) is 5.75 Å². The van der Waals surface area contributed by atoms with E-state index in [-0.39, 0.29) is 35.5 Å². The third-order valence-corrected chi connectivity index (χ3v) is 4.78. The number of rotatable bonds is 2. The summed E-state index contributed by atoms with van der Waals surface area (Å²) in [4.78, 5) is 26.6. The fraction of sp³-hybridized carbons (Fsp3) is 0.375. The largest absolute Gasteiger partial charge is 0.497 e. The van der Waals surface area contributed by atoms with Crippen LogP contribution in [0.4, 0.5) is 5.69 Å². The first-order chi connectivity index (χ1) is 9.70. The Labute approximate surface area is 117 Å². The van der Waals surface area contributed by atoms with Crippen molar-refractivity contribution in [3.63, 3.8) is 0 Å².